The van der Waals surface area contributed by atoms with E-state index in [9.17, 15) is 14.7 Å². The van der Waals surface area contributed by atoms with Crippen LogP contribution in [0.3, 0.4) is 0 Å². The number of carboxylic acids is 1. The molecule has 0 aliphatic heterocycles. The molecule has 98 valence electrons. The second-order valence-electron chi connectivity index (χ2n) is 4.34. The van der Waals surface area contributed by atoms with Gasteiger partial charge in [0.1, 0.15) is 5.69 Å². The lowest BCUT2D eigenvalue weighted by molar-refractivity contribution is 0.0684. The Morgan fingerprint density at radius 1 is 1.42 bits per heavy atom. The van der Waals surface area contributed by atoms with Crippen LogP contribution in [0.25, 0.3) is 0 Å². The summed E-state index contributed by atoms with van der Waals surface area (Å²) in [5.41, 5.74) is 1.38. The number of hydrogen-bond donors (Lipinski definition) is 1. The Morgan fingerprint density at radius 3 is 2.68 bits per heavy atom. The maximum Gasteiger partial charge on any atom is 0.352 e. The first kappa shape index (κ1) is 13.0. The number of Topliss-reactive ketones (excluding diaryl/α,β-unsaturated/α-hetero) is 1. The predicted molar refractivity (Wildman–Crippen MR) is 69.4 cm³/mol. The molecule has 0 saturated carbocycles. The van der Waals surface area contributed by atoms with Crippen LogP contribution in [0.1, 0.15) is 46.3 Å². The summed E-state index contributed by atoms with van der Waals surface area (Å²) in [5.74, 6) is -1.21. The number of carboxylic acid groups (broad SMARTS) is 1. The zero-order valence-electron chi connectivity index (χ0n) is 10.7. The number of ketones is 1. The van der Waals surface area contributed by atoms with Gasteiger partial charge < -0.3 is 9.67 Å². The van der Waals surface area contributed by atoms with Gasteiger partial charge in [-0.15, -0.1) is 0 Å². The van der Waals surface area contributed by atoms with Crippen LogP contribution in [-0.2, 0) is 0 Å². The molecule has 0 saturated heterocycles. The molecule has 1 atom stereocenters. The highest BCUT2D eigenvalue weighted by Gasteiger charge is 2.19. The van der Waals surface area contributed by atoms with Gasteiger partial charge in [0, 0.05) is 24.2 Å². The monoisotopic (exact) mass is 258 g/mol. The number of carbonyl (C=O) groups excluding carboxylic acids is 1. The number of rotatable bonds is 4. The Labute approximate surface area is 110 Å². The van der Waals surface area contributed by atoms with Gasteiger partial charge in [-0.1, -0.05) is 6.07 Å². The van der Waals surface area contributed by atoms with Crippen molar-refractivity contribution in [2.75, 3.05) is 0 Å². The van der Waals surface area contributed by atoms with Crippen molar-refractivity contribution in [3.63, 3.8) is 0 Å². The molecule has 0 bridgehead atoms. The van der Waals surface area contributed by atoms with Gasteiger partial charge in [-0.2, -0.15) is 0 Å². The van der Waals surface area contributed by atoms with E-state index in [1.165, 1.54) is 13.0 Å². The van der Waals surface area contributed by atoms with Crippen molar-refractivity contribution in [1.82, 2.24) is 9.55 Å². The standard InChI is InChI=1S/C14H14N2O3/c1-9(11-4-3-5-15-7-11)16-8-12(10(2)17)6-13(16)14(18)19/h3-9H,1-2H3,(H,18,19). The average molecular weight is 258 g/mol. The molecular weight excluding hydrogens is 244 g/mol. The van der Waals surface area contributed by atoms with Gasteiger partial charge in [0.25, 0.3) is 0 Å². The molecule has 0 aliphatic rings. The van der Waals surface area contributed by atoms with Gasteiger partial charge in [0.15, 0.2) is 5.78 Å². The summed E-state index contributed by atoms with van der Waals surface area (Å²) in [7, 11) is 0. The molecule has 5 heteroatoms. The fraction of sp³-hybridized carbons (Fsp3) is 0.214. The van der Waals surface area contributed by atoms with E-state index in [-0.39, 0.29) is 17.5 Å². The molecule has 0 aliphatic carbocycles. The summed E-state index contributed by atoms with van der Waals surface area (Å²) in [6, 6.07) is 4.86. The molecule has 2 heterocycles. The lowest BCUT2D eigenvalue weighted by Gasteiger charge is -2.15. The van der Waals surface area contributed by atoms with E-state index >= 15 is 0 Å². The van der Waals surface area contributed by atoms with Crippen LogP contribution in [0, 0.1) is 0 Å². The third kappa shape index (κ3) is 2.54. The highest BCUT2D eigenvalue weighted by atomic mass is 16.4. The highest BCUT2D eigenvalue weighted by Crippen LogP contribution is 2.21. The predicted octanol–water partition coefficient (Wildman–Crippen LogP) is 2.39. The van der Waals surface area contributed by atoms with Crippen LogP contribution >= 0.6 is 0 Å². The van der Waals surface area contributed by atoms with Crippen LogP contribution in [0.5, 0.6) is 0 Å². The molecule has 1 unspecified atom stereocenters. The Kier molecular flexibility index (Phi) is 3.46. The molecule has 0 aromatic carbocycles. The van der Waals surface area contributed by atoms with Crippen molar-refractivity contribution in [1.29, 1.82) is 0 Å². The summed E-state index contributed by atoms with van der Waals surface area (Å²) in [6.07, 6.45) is 4.91. The quantitative estimate of drug-likeness (QED) is 0.855. The lowest BCUT2D eigenvalue weighted by atomic mass is 10.1. The summed E-state index contributed by atoms with van der Waals surface area (Å²) in [4.78, 5) is 26.6. The second kappa shape index (κ2) is 5.06. The SMILES string of the molecule is CC(=O)c1cc(C(=O)O)n(C(C)c2cccnc2)c1. The third-order valence-corrected chi connectivity index (χ3v) is 3.06. The Morgan fingerprint density at radius 2 is 2.16 bits per heavy atom. The number of nitrogens with zero attached hydrogens (tertiary/aromatic N) is 2. The van der Waals surface area contributed by atoms with Gasteiger partial charge >= 0.3 is 5.97 Å². The van der Waals surface area contributed by atoms with Crippen LogP contribution < -0.4 is 0 Å². The largest absolute Gasteiger partial charge is 0.477 e. The second-order valence-corrected chi connectivity index (χ2v) is 4.34. The summed E-state index contributed by atoms with van der Waals surface area (Å²) in [6.45, 7) is 3.29. The van der Waals surface area contributed by atoms with E-state index in [0.29, 0.717) is 5.56 Å². The zero-order valence-corrected chi connectivity index (χ0v) is 10.7. The Hall–Kier alpha value is -2.43. The minimum Gasteiger partial charge on any atom is -0.477 e. The maximum atomic E-state index is 11.4. The highest BCUT2D eigenvalue weighted by molar-refractivity contribution is 5.97. The van der Waals surface area contributed by atoms with Crippen LogP contribution in [0.15, 0.2) is 36.8 Å². The van der Waals surface area contributed by atoms with E-state index in [1.807, 2.05) is 13.0 Å². The molecule has 2 rings (SSSR count). The molecule has 0 amide bonds. The molecule has 2 aromatic heterocycles. The topological polar surface area (TPSA) is 72.2 Å². The van der Waals surface area contributed by atoms with Crippen molar-refractivity contribution in [2.45, 2.75) is 19.9 Å². The van der Waals surface area contributed by atoms with Gasteiger partial charge in [-0.25, -0.2) is 4.79 Å². The first-order valence-corrected chi connectivity index (χ1v) is 5.86. The van der Waals surface area contributed by atoms with Gasteiger partial charge in [0.2, 0.25) is 0 Å². The number of carbonyl (C=O) groups is 2. The van der Waals surface area contributed by atoms with Crippen molar-refractivity contribution in [3.8, 4) is 0 Å². The fourth-order valence-electron chi connectivity index (χ4n) is 1.95. The minimum absolute atomic E-state index is 0.0987. The number of hydrogen-bond acceptors (Lipinski definition) is 3. The summed E-state index contributed by atoms with van der Waals surface area (Å²) in [5, 5.41) is 9.21. The third-order valence-electron chi connectivity index (χ3n) is 3.06. The average Bonchev–Trinajstić information content (AvgIpc) is 2.84. The molecule has 5 nitrogen and oxygen atoms in total. The molecule has 19 heavy (non-hydrogen) atoms. The Bertz CT molecular complexity index is 617. The molecule has 0 radical (unpaired) electrons. The van der Waals surface area contributed by atoms with E-state index in [0.717, 1.165) is 5.56 Å². The first-order valence-electron chi connectivity index (χ1n) is 5.86. The van der Waals surface area contributed by atoms with Crippen molar-refractivity contribution in [3.05, 3.63) is 53.6 Å². The lowest BCUT2D eigenvalue weighted by Crippen LogP contribution is -2.13. The summed E-state index contributed by atoms with van der Waals surface area (Å²) < 4.78 is 1.58. The summed E-state index contributed by atoms with van der Waals surface area (Å²) >= 11 is 0. The van der Waals surface area contributed by atoms with Crippen molar-refractivity contribution in [2.24, 2.45) is 0 Å². The number of aromatic nitrogens is 2. The van der Waals surface area contributed by atoms with Gasteiger partial charge in [-0.05, 0) is 31.5 Å². The van der Waals surface area contributed by atoms with E-state index in [2.05, 4.69) is 4.98 Å². The minimum atomic E-state index is -1.05. The number of aromatic carboxylic acids is 1. The van der Waals surface area contributed by atoms with Crippen LogP contribution in [0.4, 0.5) is 0 Å². The first-order chi connectivity index (χ1) is 9.00. The van der Waals surface area contributed by atoms with Crippen LogP contribution in [0.2, 0.25) is 0 Å². The number of pyridine rings is 1. The van der Waals surface area contributed by atoms with Crippen molar-refractivity contribution < 1.29 is 14.7 Å². The molecule has 1 N–H and O–H groups in total. The molecular formula is C14H14N2O3. The van der Waals surface area contributed by atoms with Gasteiger partial charge in [0.05, 0.1) is 6.04 Å². The van der Waals surface area contributed by atoms with E-state index in [1.54, 1.807) is 29.2 Å². The smallest absolute Gasteiger partial charge is 0.352 e. The molecule has 0 spiro atoms. The normalized spacial score (nSPS) is 12.1. The maximum absolute atomic E-state index is 11.4. The van der Waals surface area contributed by atoms with E-state index in [4.69, 9.17) is 0 Å². The fourth-order valence-corrected chi connectivity index (χ4v) is 1.95. The van der Waals surface area contributed by atoms with E-state index < -0.39 is 5.97 Å². The zero-order chi connectivity index (χ0) is 14.0. The van der Waals surface area contributed by atoms with Gasteiger partial charge in [-0.3, -0.25) is 9.78 Å². The molecule has 0 fully saturated rings. The molecule has 2 aromatic rings. The Balaban J connectivity index is 2.49. The van der Waals surface area contributed by atoms with Crippen LogP contribution in [-0.4, -0.2) is 26.4 Å². The van der Waals surface area contributed by atoms with Crippen molar-refractivity contribution >= 4 is 11.8 Å².